The number of anilines is 1. The summed E-state index contributed by atoms with van der Waals surface area (Å²) in [7, 11) is 0. The van der Waals surface area contributed by atoms with Gasteiger partial charge in [0.15, 0.2) is 0 Å². The zero-order valence-corrected chi connectivity index (χ0v) is 14.2. The summed E-state index contributed by atoms with van der Waals surface area (Å²) in [6, 6.07) is 16.9. The maximum absolute atomic E-state index is 12.0. The molecule has 0 saturated carbocycles. The molecular formula is C20H24N2O2. The average molecular weight is 324 g/mol. The maximum Gasteiger partial charge on any atom is 0.313 e. The molecule has 4 heteroatoms. The van der Waals surface area contributed by atoms with Crippen LogP contribution in [0.3, 0.4) is 0 Å². The maximum atomic E-state index is 12.0. The first-order chi connectivity index (χ1) is 11.6. The summed E-state index contributed by atoms with van der Waals surface area (Å²) in [5, 5.41) is 5.34. The zero-order chi connectivity index (χ0) is 17.4. The molecular weight excluding hydrogens is 300 g/mol. The Kier molecular flexibility index (Phi) is 6.55. The van der Waals surface area contributed by atoms with Gasteiger partial charge in [0.2, 0.25) is 0 Å². The monoisotopic (exact) mass is 324 g/mol. The standard InChI is InChI=1S/C20H24N2O2/c1-3-4-8-16-11-13-18(14-12-16)22-20(24)19(23)21-15(2)17-9-6-5-7-10-17/h5-7,9-15H,3-4,8H2,1-2H3,(H,21,23)(H,22,24). The molecule has 1 unspecified atom stereocenters. The topological polar surface area (TPSA) is 58.2 Å². The molecule has 126 valence electrons. The minimum atomic E-state index is -0.654. The van der Waals surface area contributed by atoms with Crippen molar-refractivity contribution in [1.82, 2.24) is 5.32 Å². The number of carbonyl (C=O) groups excluding carboxylic acids is 2. The number of nitrogens with one attached hydrogen (secondary N) is 2. The van der Waals surface area contributed by atoms with Crippen molar-refractivity contribution in [3.8, 4) is 0 Å². The molecule has 0 aliphatic rings. The van der Waals surface area contributed by atoms with Crippen LogP contribution in [0.5, 0.6) is 0 Å². The molecule has 0 bridgehead atoms. The van der Waals surface area contributed by atoms with Crippen molar-refractivity contribution in [3.63, 3.8) is 0 Å². The third-order valence-electron chi connectivity index (χ3n) is 3.88. The van der Waals surface area contributed by atoms with E-state index in [-0.39, 0.29) is 6.04 Å². The number of rotatable bonds is 6. The highest BCUT2D eigenvalue weighted by atomic mass is 16.2. The fraction of sp³-hybridized carbons (Fsp3) is 0.300. The number of hydrogen-bond donors (Lipinski definition) is 2. The lowest BCUT2D eigenvalue weighted by Crippen LogP contribution is -2.36. The Morgan fingerprint density at radius 2 is 1.62 bits per heavy atom. The van der Waals surface area contributed by atoms with E-state index in [1.807, 2.05) is 61.5 Å². The Labute approximate surface area is 143 Å². The number of aryl methyl sites for hydroxylation is 1. The minimum Gasteiger partial charge on any atom is -0.341 e. The number of unbranched alkanes of at least 4 members (excludes halogenated alkanes) is 1. The fourth-order valence-corrected chi connectivity index (χ4v) is 2.41. The molecule has 2 aromatic rings. The van der Waals surface area contributed by atoms with Crippen molar-refractivity contribution in [2.24, 2.45) is 0 Å². The van der Waals surface area contributed by atoms with Gasteiger partial charge in [-0.05, 0) is 43.0 Å². The van der Waals surface area contributed by atoms with Crippen molar-refractivity contribution < 1.29 is 9.59 Å². The van der Waals surface area contributed by atoms with Crippen molar-refractivity contribution in [1.29, 1.82) is 0 Å². The van der Waals surface area contributed by atoms with Gasteiger partial charge < -0.3 is 10.6 Å². The van der Waals surface area contributed by atoms with Gasteiger partial charge in [-0.15, -0.1) is 0 Å². The molecule has 0 aliphatic carbocycles. The van der Waals surface area contributed by atoms with Gasteiger partial charge in [0, 0.05) is 5.69 Å². The van der Waals surface area contributed by atoms with Gasteiger partial charge in [-0.2, -0.15) is 0 Å². The molecule has 0 aromatic heterocycles. The van der Waals surface area contributed by atoms with E-state index in [1.165, 1.54) is 5.56 Å². The van der Waals surface area contributed by atoms with Crippen LogP contribution in [0.4, 0.5) is 5.69 Å². The second-order valence-corrected chi connectivity index (χ2v) is 5.86. The molecule has 0 aliphatic heterocycles. The molecule has 0 fully saturated rings. The van der Waals surface area contributed by atoms with Gasteiger partial charge >= 0.3 is 11.8 Å². The van der Waals surface area contributed by atoms with E-state index in [1.54, 1.807) is 0 Å². The van der Waals surface area contributed by atoms with Crippen molar-refractivity contribution in [3.05, 3.63) is 65.7 Å². The van der Waals surface area contributed by atoms with Crippen molar-refractivity contribution in [2.75, 3.05) is 5.32 Å². The highest BCUT2D eigenvalue weighted by Crippen LogP contribution is 2.13. The summed E-state index contributed by atoms with van der Waals surface area (Å²) >= 11 is 0. The second kappa shape index (κ2) is 8.87. The molecule has 2 amide bonds. The van der Waals surface area contributed by atoms with Gasteiger partial charge in [0.05, 0.1) is 6.04 Å². The van der Waals surface area contributed by atoms with Crippen molar-refractivity contribution in [2.45, 2.75) is 39.2 Å². The smallest absolute Gasteiger partial charge is 0.313 e. The Morgan fingerprint density at radius 1 is 0.958 bits per heavy atom. The molecule has 0 radical (unpaired) electrons. The summed E-state index contributed by atoms with van der Waals surface area (Å²) < 4.78 is 0. The van der Waals surface area contributed by atoms with Gasteiger partial charge in [0.1, 0.15) is 0 Å². The van der Waals surface area contributed by atoms with E-state index < -0.39 is 11.8 Å². The van der Waals surface area contributed by atoms with Crippen LogP contribution in [-0.2, 0) is 16.0 Å². The molecule has 0 spiro atoms. The van der Waals surface area contributed by atoms with E-state index in [0.717, 1.165) is 24.8 Å². The first-order valence-electron chi connectivity index (χ1n) is 8.36. The second-order valence-electron chi connectivity index (χ2n) is 5.86. The first-order valence-corrected chi connectivity index (χ1v) is 8.36. The summed E-state index contributed by atoms with van der Waals surface area (Å²) in [6.07, 6.45) is 3.32. The van der Waals surface area contributed by atoms with Gasteiger partial charge in [-0.3, -0.25) is 9.59 Å². The Bertz CT molecular complexity index is 666. The van der Waals surface area contributed by atoms with Crippen LogP contribution in [-0.4, -0.2) is 11.8 Å². The van der Waals surface area contributed by atoms with E-state index in [2.05, 4.69) is 17.6 Å². The highest BCUT2D eigenvalue weighted by Gasteiger charge is 2.17. The van der Waals surface area contributed by atoms with Crippen LogP contribution in [0, 0.1) is 0 Å². The van der Waals surface area contributed by atoms with Gasteiger partial charge in [-0.1, -0.05) is 55.8 Å². The molecule has 0 heterocycles. The van der Waals surface area contributed by atoms with Crippen LogP contribution in [0.1, 0.15) is 43.9 Å². The minimum absolute atomic E-state index is 0.221. The van der Waals surface area contributed by atoms with Gasteiger partial charge in [-0.25, -0.2) is 0 Å². The summed E-state index contributed by atoms with van der Waals surface area (Å²) in [5.74, 6) is -1.29. The predicted molar refractivity (Wildman–Crippen MR) is 96.7 cm³/mol. The Hall–Kier alpha value is -2.62. The molecule has 24 heavy (non-hydrogen) atoms. The van der Waals surface area contributed by atoms with Crippen molar-refractivity contribution >= 4 is 17.5 Å². The molecule has 4 nitrogen and oxygen atoms in total. The predicted octanol–water partition coefficient (Wildman–Crippen LogP) is 3.85. The van der Waals surface area contributed by atoms with Crippen LogP contribution in [0.2, 0.25) is 0 Å². The normalized spacial score (nSPS) is 11.6. The van der Waals surface area contributed by atoms with Crippen LogP contribution in [0.25, 0.3) is 0 Å². The lowest BCUT2D eigenvalue weighted by molar-refractivity contribution is -0.136. The van der Waals surface area contributed by atoms with Gasteiger partial charge in [0.25, 0.3) is 0 Å². The Morgan fingerprint density at radius 3 is 2.25 bits per heavy atom. The number of benzene rings is 2. The molecule has 2 N–H and O–H groups in total. The molecule has 0 saturated heterocycles. The van der Waals surface area contributed by atoms with E-state index in [9.17, 15) is 9.59 Å². The number of hydrogen-bond acceptors (Lipinski definition) is 2. The summed E-state index contributed by atoms with van der Waals surface area (Å²) in [6.45, 7) is 4.01. The van der Waals surface area contributed by atoms with E-state index in [0.29, 0.717) is 5.69 Å². The number of carbonyl (C=O) groups is 2. The van der Waals surface area contributed by atoms with Crippen LogP contribution < -0.4 is 10.6 Å². The highest BCUT2D eigenvalue weighted by molar-refractivity contribution is 6.39. The first kappa shape index (κ1) is 17.7. The number of amides is 2. The Balaban J connectivity index is 1.88. The van der Waals surface area contributed by atoms with E-state index >= 15 is 0 Å². The lowest BCUT2D eigenvalue weighted by Gasteiger charge is -2.14. The summed E-state index contributed by atoms with van der Waals surface area (Å²) in [4.78, 5) is 24.0. The largest absolute Gasteiger partial charge is 0.341 e. The fourth-order valence-electron chi connectivity index (χ4n) is 2.41. The molecule has 2 rings (SSSR count). The average Bonchev–Trinajstić information content (AvgIpc) is 2.61. The lowest BCUT2D eigenvalue weighted by atomic mass is 10.1. The quantitative estimate of drug-likeness (QED) is 0.793. The molecule has 1 atom stereocenters. The third kappa shape index (κ3) is 5.23. The summed E-state index contributed by atoms with van der Waals surface area (Å²) in [5.41, 5.74) is 2.82. The van der Waals surface area contributed by atoms with Crippen LogP contribution in [0.15, 0.2) is 54.6 Å². The SMILES string of the molecule is CCCCc1ccc(NC(=O)C(=O)NC(C)c2ccccc2)cc1. The van der Waals surface area contributed by atoms with Crippen LogP contribution >= 0.6 is 0 Å². The van der Waals surface area contributed by atoms with E-state index in [4.69, 9.17) is 0 Å². The third-order valence-corrected chi connectivity index (χ3v) is 3.88. The molecule has 2 aromatic carbocycles. The zero-order valence-electron chi connectivity index (χ0n) is 14.2.